The van der Waals surface area contributed by atoms with Gasteiger partial charge < -0.3 is 28.6 Å². The molecule has 0 saturated carbocycles. The Balaban J connectivity index is 1.96. The van der Waals surface area contributed by atoms with Crippen LogP contribution in [0.15, 0.2) is 30.3 Å². The number of carbonyl (C=O) groups excluding carboxylic acids is 1. The first kappa shape index (κ1) is 27.4. The summed E-state index contributed by atoms with van der Waals surface area (Å²) in [6.45, 7) is 0.799. The lowest BCUT2D eigenvalue weighted by molar-refractivity contribution is 0.0779. The molecule has 0 unspecified atom stereocenters. The zero-order chi connectivity index (χ0) is 26.5. The molecule has 198 valence electrons. The number of hydrogen-bond acceptors (Lipinski definition) is 9. The average Bonchev–Trinajstić information content (AvgIpc) is 3.31. The maximum atomic E-state index is 13.6. The number of nitrogens with zero attached hydrogens (tertiary/aromatic N) is 1. The fourth-order valence-electron chi connectivity index (χ4n) is 4.57. The van der Waals surface area contributed by atoms with Crippen LogP contribution < -0.4 is 23.7 Å². The Labute approximate surface area is 212 Å². The van der Waals surface area contributed by atoms with Crippen LogP contribution in [0.4, 0.5) is 0 Å². The highest BCUT2D eigenvalue weighted by molar-refractivity contribution is 7.85. The minimum absolute atomic E-state index is 0.0145. The van der Waals surface area contributed by atoms with E-state index in [-0.39, 0.29) is 12.5 Å². The van der Waals surface area contributed by atoms with E-state index in [2.05, 4.69) is 0 Å². The van der Waals surface area contributed by atoms with E-state index in [1.165, 1.54) is 21.3 Å². The van der Waals surface area contributed by atoms with Gasteiger partial charge >= 0.3 is 0 Å². The summed E-state index contributed by atoms with van der Waals surface area (Å²) in [4.78, 5) is 15.3. The van der Waals surface area contributed by atoms with Crippen LogP contribution in [-0.4, -0.2) is 80.7 Å². The molecule has 0 aromatic heterocycles. The predicted molar refractivity (Wildman–Crippen MR) is 133 cm³/mol. The van der Waals surface area contributed by atoms with Crippen molar-refractivity contribution in [3.05, 3.63) is 41.5 Å². The molecule has 11 heteroatoms. The first-order chi connectivity index (χ1) is 17.1. The van der Waals surface area contributed by atoms with Crippen molar-refractivity contribution < 1.29 is 41.1 Å². The highest BCUT2D eigenvalue weighted by Crippen LogP contribution is 2.43. The highest BCUT2D eigenvalue weighted by Gasteiger charge is 2.42. The van der Waals surface area contributed by atoms with Gasteiger partial charge in [0.1, 0.15) is 0 Å². The van der Waals surface area contributed by atoms with Crippen LogP contribution in [-0.2, 0) is 19.7 Å². The third-order valence-electron chi connectivity index (χ3n) is 6.43. The van der Waals surface area contributed by atoms with Crippen molar-refractivity contribution in [2.75, 3.05) is 61.5 Å². The number of ether oxygens (including phenoxy) is 5. The van der Waals surface area contributed by atoms with Crippen LogP contribution in [0.1, 0.15) is 28.8 Å². The van der Waals surface area contributed by atoms with Crippen LogP contribution >= 0.6 is 0 Å². The quantitative estimate of drug-likeness (QED) is 0.411. The van der Waals surface area contributed by atoms with Crippen molar-refractivity contribution in [3.8, 4) is 28.7 Å². The zero-order valence-electron chi connectivity index (χ0n) is 21.5. The van der Waals surface area contributed by atoms with Gasteiger partial charge in [-0.1, -0.05) is 6.07 Å². The second-order valence-corrected chi connectivity index (χ2v) is 10.2. The number of methoxy groups -OCH3 is 5. The molecule has 1 amide bonds. The molecule has 0 spiro atoms. The van der Waals surface area contributed by atoms with Crippen LogP contribution in [0.2, 0.25) is 0 Å². The Morgan fingerprint density at radius 3 is 2.03 bits per heavy atom. The van der Waals surface area contributed by atoms with E-state index < -0.39 is 15.5 Å². The number of likely N-dealkylation sites (tertiary alicyclic amines) is 1. The smallest absolute Gasteiger partial charge is 0.264 e. The van der Waals surface area contributed by atoms with Crippen molar-refractivity contribution in [1.82, 2.24) is 4.90 Å². The molecular formula is C25H33NO9S. The molecule has 2 aromatic carbocycles. The van der Waals surface area contributed by atoms with Crippen molar-refractivity contribution >= 4 is 16.0 Å². The second-order valence-electron chi connectivity index (χ2n) is 8.52. The molecule has 1 aliphatic rings. The van der Waals surface area contributed by atoms with E-state index in [4.69, 9.17) is 27.9 Å². The summed E-state index contributed by atoms with van der Waals surface area (Å²) in [5.41, 5.74) is 0.734. The normalized spacial score (nSPS) is 17.6. The maximum Gasteiger partial charge on any atom is 0.264 e. The number of carbonyl (C=O) groups is 1. The first-order valence-corrected chi connectivity index (χ1v) is 13.1. The molecule has 0 N–H and O–H groups in total. The molecule has 0 bridgehead atoms. The summed E-state index contributed by atoms with van der Waals surface area (Å²) in [6.07, 6.45) is 2.01. The number of benzene rings is 2. The van der Waals surface area contributed by atoms with E-state index >= 15 is 0 Å². The van der Waals surface area contributed by atoms with Crippen LogP contribution in [0.5, 0.6) is 28.7 Å². The molecule has 10 nitrogen and oxygen atoms in total. The third kappa shape index (κ3) is 5.79. The Hall–Kier alpha value is -3.18. The standard InChI is InChI=1S/C25H33NO9S/c1-30-19-8-7-18(15-20(19)31-2)25(10-12-35-36(6,28)29)9-11-26(16-25)24(27)17-13-21(32-3)23(34-5)22(14-17)33-4/h7-8,13-15H,9-12,16H2,1-6H3/t25-/m1/s1. The van der Waals surface area contributed by atoms with E-state index in [1.54, 1.807) is 37.3 Å². The predicted octanol–water partition coefficient (Wildman–Crippen LogP) is 2.88. The van der Waals surface area contributed by atoms with Crippen molar-refractivity contribution in [3.63, 3.8) is 0 Å². The second kappa shape index (κ2) is 11.3. The van der Waals surface area contributed by atoms with E-state index in [0.717, 1.165) is 11.8 Å². The van der Waals surface area contributed by atoms with Gasteiger partial charge in [-0.05, 0) is 42.7 Å². The molecule has 1 aliphatic heterocycles. The fourth-order valence-corrected chi connectivity index (χ4v) is 4.96. The van der Waals surface area contributed by atoms with Gasteiger partial charge in [0.05, 0.1) is 48.4 Å². The monoisotopic (exact) mass is 523 g/mol. The summed E-state index contributed by atoms with van der Waals surface area (Å²) in [5.74, 6) is 2.08. The Morgan fingerprint density at radius 2 is 1.50 bits per heavy atom. The van der Waals surface area contributed by atoms with Gasteiger partial charge in [-0.2, -0.15) is 8.42 Å². The molecular weight excluding hydrogens is 490 g/mol. The highest BCUT2D eigenvalue weighted by atomic mass is 32.2. The fraction of sp³-hybridized carbons (Fsp3) is 0.480. The summed E-state index contributed by atoms with van der Waals surface area (Å²) < 4.78 is 55.3. The summed E-state index contributed by atoms with van der Waals surface area (Å²) >= 11 is 0. The lowest BCUT2D eigenvalue weighted by Crippen LogP contribution is -2.35. The van der Waals surface area contributed by atoms with Gasteiger partial charge in [-0.3, -0.25) is 8.98 Å². The molecule has 0 aliphatic carbocycles. The van der Waals surface area contributed by atoms with Crippen molar-refractivity contribution in [2.45, 2.75) is 18.3 Å². The van der Waals surface area contributed by atoms with E-state index in [9.17, 15) is 13.2 Å². The first-order valence-electron chi connectivity index (χ1n) is 11.3. The van der Waals surface area contributed by atoms with Crippen molar-refractivity contribution in [1.29, 1.82) is 0 Å². The minimum atomic E-state index is -3.61. The lowest BCUT2D eigenvalue weighted by atomic mass is 9.77. The molecule has 3 rings (SSSR count). The van der Waals surface area contributed by atoms with Crippen LogP contribution in [0.3, 0.4) is 0 Å². The minimum Gasteiger partial charge on any atom is -0.493 e. The van der Waals surface area contributed by atoms with Gasteiger partial charge in [0, 0.05) is 24.1 Å². The summed E-state index contributed by atoms with van der Waals surface area (Å²) in [6, 6.07) is 8.82. The number of hydrogen-bond donors (Lipinski definition) is 0. The Morgan fingerprint density at radius 1 is 0.889 bits per heavy atom. The molecule has 1 saturated heterocycles. The van der Waals surface area contributed by atoms with Gasteiger partial charge in [0.2, 0.25) is 5.75 Å². The topological polar surface area (TPSA) is 110 Å². The number of rotatable bonds is 11. The molecule has 2 aromatic rings. The van der Waals surface area contributed by atoms with E-state index in [1.807, 2.05) is 12.1 Å². The van der Waals surface area contributed by atoms with Gasteiger partial charge in [-0.25, -0.2) is 0 Å². The zero-order valence-corrected chi connectivity index (χ0v) is 22.3. The van der Waals surface area contributed by atoms with Crippen molar-refractivity contribution in [2.24, 2.45) is 0 Å². The summed E-state index contributed by atoms with van der Waals surface area (Å²) in [5, 5.41) is 0. The maximum absolute atomic E-state index is 13.6. The van der Waals surface area contributed by atoms with Gasteiger partial charge in [0.25, 0.3) is 16.0 Å². The molecule has 1 atom stereocenters. The Kier molecular flexibility index (Phi) is 8.57. The SMILES string of the molecule is COc1ccc([C@@]2(CCOS(C)(=O)=O)CCN(C(=O)c3cc(OC)c(OC)c(OC)c3)C2)cc1OC. The van der Waals surface area contributed by atoms with Gasteiger partial charge in [-0.15, -0.1) is 0 Å². The molecule has 0 radical (unpaired) electrons. The Bertz CT molecular complexity index is 1170. The molecule has 1 heterocycles. The van der Waals surface area contributed by atoms with Crippen LogP contribution in [0.25, 0.3) is 0 Å². The summed E-state index contributed by atoms with van der Waals surface area (Å²) in [7, 11) is 3.98. The van der Waals surface area contributed by atoms with E-state index in [0.29, 0.717) is 60.2 Å². The molecule has 1 fully saturated rings. The van der Waals surface area contributed by atoms with Crippen LogP contribution in [0, 0.1) is 0 Å². The lowest BCUT2D eigenvalue weighted by Gasteiger charge is -2.30. The van der Waals surface area contributed by atoms with Gasteiger partial charge in [0.15, 0.2) is 23.0 Å². The largest absolute Gasteiger partial charge is 0.493 e. The third-order valence-corrected chi connectivity index (χ3v) is 7.02. The average molecular weight is 524 g/mol. The number of amides is 1. The molecule has 36 heavy (non-hydrogen) atoms.